The summed E-state index contributed by atoms with van der Waals surface area (Å²) in [7, 11) is -1.32. The average molecular weight is 500 g/mol. The molecule has 0 saturated carbocycles. The number of nitrogens with one attached hydrogen (secondary N) is 3. The van der Waals surface area contributed by atoms with E-state index in [1.165, 1.54) is 6.07 Å². The molecule has 0 saturated heterocycles. The normalized spacial score (nSPS) is 12.4. The molecule has 0 aromatic heterocycles. The summed E-state index contributed by atoms with van der Waals surface area (Å²) in [6.45, 7) is 12.6. The second-order valence-electron chi connectivity index (χ2n) is 10.7. The number of ether oxygens (including phenoxy) is 1. The molecule has 0 aliphatic heterocycles. The molecular weight excluding hydrogens is 462 g/mol. The molecular formula is C26H37N3O5Si. The summed E-state index contributed by atoms with van der Waals surface area (Å²) in [6, 6.07) is 14.1. The third-order valence-electron chi connectivity index (χ3n) is 5.01. The first-order valence-corrected chi connectivity index (χ1v) is 15.4. The maximum absolute atomic E-state index is 12.9. The summed E-state index contributed by atoms with van der Waals surface area (Å²) < 4.78 is 5.35. The van der Waals surface area contributed by atoms with Crippen LogP contribution in [0.1, 0.15) is 36.7 Å². The maximum atomic E-state index is 12.9. The predicted molar refractivity (Wildman–Crippen MR) is 141 cm³/mol. The topological polar surface area (TPSA) is 117 Å². The minimum atomic E-state index is -1.32. The molecule has 0 fully saturated rings. The Morgan fingerprint density at radius 3 is 2.20 bits per heavy atom. The number of amides is 2. The van der Waals surface area contributed by atoms with Crippen LogP contribution in [0.5, 0.6) is 0 Å². The van der Waals surface area contributed by atoms with E-state index in [0.29, 0.717) is 17.9 Å². The molecule has 0 unspecified atom stereocenters. The zero-order valence-corrected chi connectivity index (χ0v) is 22.4. The lowest BCUT2D eigenvalue weighted by Gasteiger charge is -2.24. The molecule has 0 heterocycles. The molecule has 2 rings (SSSR count). The van der Waals surface area contributed by atoms with Crippen LogP contribution in [0.15, 0.2) is 48.5 Å². The molecule has 2 aromatic rings. The van der Waals surface area contributed by atoms with Crippen LogP contribution in [0.2, 0.25) is 25.7 Å². The minimum Gasteiger partial charge on any atom is -0.478 e. The van der Waals surface area contributed by atoms with E-state index in [2.05, 4.69) is 35.6 Å². The number of hydrogen-bond acceptors (Lipinski definition) is 5. The van der Waals surface area contributed by atoms with E-state index in [0.717, 1.165) is 11.6 Å². The summed E-state index contributed by atoms with van der Waals surface area (Å²) in [6.07, 6.45) is -0.365. The first kappa shape index (κ1) is 27.9. The van der Waals surface area contributed by atoms with Gasteiger partial charge in [-0.1, -0.05) is 43.9 Å². The lowest BCUT2D eigenvalue weighted by atomic mass is 10.0. The first-order chi connectivity index (χ1) is 16.2. The highest BCUT2D eigenvalue weighted by molar-refractivity contribution is 6.76. The molecule has 190 valence electrons. The molecule has 2 amide bonds. The van der Waals surface area contributed by atoms with Crippen LogP contribution in [0, 0.1) is 0 Å². The molecule has 0 radical (unpaired) electrons. The van der Waals surface area contributed by atoms with Crippen LogP contribution in [-0.4, -0.2) is 49.3 Å². The number of carboxylic acids is 1. The van der Waals surface area contributed by atoms with Crippen molar-refractivity contribution in [3.8, 4) is 0 Å². The van der Waals surface area contributed by atoms with E-state index in [4.69, 9.17) is 4.74 Å². The van der Waals surface area contributed by atoms with Gasteiger partial charge in [-0.2, -0.15) is 0 Å². The van der Waals surface area contributed by atoms with Gasteiger partial charge in [-0.25, -0.2) is 9.59 Å². The van der Waals surface area contributed by atoms with Crippen LogP contribution in [0.3, 0.4) is 0 Å². The molecule has 1 atom stereocenters. The highest BCUT2D eigenvalue weighted by Gasteiger charge is 2.25. The zero-order chi connectivity index (χ0) is 26.2. The number of carbonyl (C=O) groups excluding carboxylic acids is 2. The van der Waals surface area contributed by atoms with Gasteiger partial charge < -0.3 is 25.8 Å². The molecule has 2 aromatic carbocycles. The Kier molecular flexibility index (Phi) is 9.47. The summed E-state index contributed by atoms with van der Waals surface area (Å²) in [4.78, 5) is 36.7. The highest BCUT2D eigenvalue weighted by atomic mass is 28.3. The predicted octanol–water partition coefficient (Wildman–Crippen LogP) is 5.02. The zero-order valence-electron chi connectivity index (χ0n) is 21.4. The largest absolute Gasteiger partial charge is 0.478 e. The third kappa shape index (κ3) is 10.2. The average Bonchev–Trinajstić information content (AvgIpc) is 2.72. The fraction of sp³-hybridized carbons (Fsp3) is 0.423. The van der Waals surface area contributed by atoms with Crippen molar-refractivity contribution >= 4 is 37.4 Å². The fourth-order valence-electron chi connectivity index (χ4n) is 3.24. The number of carboxylic acid groups (broad SMARTS) is 1. The lowest BCUT2D eigenvalue weighted by Crippen LogP contribution is -2.50. The van der Waals surface area contributed by atoms with Crippen molar-refractivity contribution in [3.63, 3.8) is 0 Å². The van der Waals surface area contributed by atoms with Crippen molar-refractivity contribution in [1.29, 1.82) is 0 Å². The summed E-state index contributed by atoms with van der Waals surface area (Å²) >= 11 is 0. The van der Waals surface area contributed by atoms with Crippen molar-refractivity contribution in [2.75, 3.05) is 11.9 Å². The SMILES string of the molecule is CC(C)(C)OC(=O)N[C@@H](Cc1ccc(Nc2ccccc2C(=O)O)cc1)C(=O)NCC[Si](C)(C)C. The first-order valence-electron chi connectivity index (χ1n) is 11.7. The highest BCUT2D eigenvalue weighted by Crippen LogP contribution is 2.22. The van der Waals surface area contributed by atoms with Crippen LogP contribution in [-0.2, 0) is 16.0 Å². The van der Waals surface area contributed by atoms with E-state index in [1.54, 1.807) is 39.0 Å². The van der Waals surface area contributed by atoms with E-state index in [-0.39, 0.29) is 17.9 Å². The molecule has 0 spiro atoms. The van der Waals surface area contributed by atoms with E-state index in [9.17, 15) is 19.5 Å². The van der Waals surface area contributed by atoms with Gasteiger partial charge in [0.1, 0.15) is 11.6 Å². The van der Waals surface area contributed by atoms with Crippen molar-refractivity contribution in [1.82, 2.24) is 10.6 Å². The Balaban J connectivity index is 2.12. The Morgan fingerprint density at radius 2 is 1.63 bits per heavy atom. The Bertz CT molecular complexity index is 1030. The van der Waals surface area contributed by atoms with Crippen LogP contribution < -0.4 is 16.0 Å². The second-order valence-corrected chi connectivity index (χ2v) is 16.3. The number of para-hydroxylation sites is 1. The monoisotopic (exact) mass is 499 g/mol. The van der Waals surface area contributed by atoms with E-state index in [1.807, 2.05) is 24.3 Å². The van der Waals surface area contributed by atoms with Gasteiger partial charge in [-0.3, -0.25) is 4.79 Å². The van der Waals surface area contributed by atoms with Gasteiger partial charge in [0.25, 0.3) is 0 Å². The quantitative estimate of drug-likeness (QED) is 0.341. The number of alkyl carbamates (subject to hydrolysis) is 1. The second kappa shape index (κ2) is 11.9. The molecule has 0 aliphatic carbocycles. The third-order valence-corrected chi connectivity index (χ3v) is 6.76. The lowest BCUT2D eigenvalue weighted by molar-refractivity contribution is -0.123. The van der Waals surface area contributed by atoms with Crippen molar-refractivity contribution in [3.05, 3.63) is 59.7 Å². The van der Waals surface area contributed by atoms with E-state index < -0.39 is 31.8 Å². The maximum Gasteiger partial charge on any atom is 0.408 e. The van der Waals surface area contributed by atoms with E-state index >= 15 is 0 Å². The summed E-state index contributed by atoms with van der Waals surface area (Å²) in [5, 5.41) is 18.1. The van der Waals surface area contributed by atoms with Crippen LogP contribution in [0.25, 0.3) is 0 Å². The number of anilines is 2. The standard InChI is InChI=1S/C26H37N3O5Si/c1-26(2,3)34-25(33)29-22(23(30)27-15-16-35(4,5)6)17-18-11-13-19(14-12-18)28-21-10-8-7-9-20(21)24(31)32/h7-14,22,28H,15-17H2,1-6H3,(H,27,30)(H,29,33)(H,31,32)/t22-/m0/s1. The number of hydrogen-bond donors (Lipinski definition) is 4. The van der Waals surface area contributed by atoms with Gasteiger partial charge in [0, 0.05) is 26.7 Å². The number of benzene rings is 2. The Labute approximate surface area is 208 Å². The Morgan fingerprint density at radius 1 is 1.00 bits per heavy atom. The Hall–Kier alpha value is -3.33. The van der Waals surface area contributed by atoms with Crippen LogP contribution in [0.4, 0.5) is 16.2 Å². The minimum absolute atomic E-state index is 0.174. The summed E-state index contributed by atoms with van der Waals surface area (Å²) in [5.41, 5.74) is 1.53. The van der Waals surface area contributed by atoms with Crippen molar-refractivity contribution in [2.45, 2.75) is 64.5 Å². The van der Waals surface area contributed by atoms with Gasteiger partial charge in [0.05, 0.1) is 11.3 Å². The number of carbonyl (C=O) groups is 3. The van der Waals surface area contributed by atoms with Crippen LogP contribution >= 0.6 is 0 Å². The molecule has 8 nitrogen and oxygen atoms in total. The molecule has 0 bridgehead atoms. The molecule has 4 N–H and O–H groups in total. The van der Waals surface area contributed by atoms with Gasteiger partial charge in [-0.05, 0) is 56.6 Å². The van der Waals surface area contributed by atoms with Gasteiger partial charge in [0.2, 0.25) is 5.91 Å². The van der Waals surface area contributed by atoms with Crippen molar-refractivity contribution in [2.24, 2.45) is 0 Å². The summed E-state index contributed by atoms with van der Waals surface area (Å²) in [5.74, 6) is -1.27. The molecule has 35 heavy (non-hydrogen) atoms. The van der Waals surface area contributed by atoms with Crippen molar-refractivity contribution < 1.29 is 24.2 Å². The van der Waals surface area contributed by atoms with Gasteiger partial charge >= 0.3 is 12.1 Å². The smallest absolute Gasteiger partial charge is 0.408 e. The van der Waals surface area contributed by atoms with Gasteiger partial charge in [0.15, 0.2) is 0 Å². The molecule has 9 heteroatoms. The molecule has 0 aliphatic rings. The fourth-order valence-corrected chi connectivity index (χ4v) is 4.11. The number of aromatic carboxylic acids is 1. The van der Waals surface area contributed by atoms with Gasteiger partial charge in [-0.15, -0.1) is 0 Å². The number of rotatable bonds is 10.